The third-order valence-corrected chi connectivity index (χ3v) is 3.07. The van der Waals surface area contributed by atoms with Crippen LogP contribution in [0.5, 0.6) is 11.6 Å². The topological polar surface area (TPSA) is 44.2 Å². The molecule has 1 heterocycles. The van der Waals surface area contributed by atoms with Crippen molar-refractivity contribution in [2.24, 2.45) is 0 Å². The molecule has 0 unspecified atom stereocenters. The highest BCUT2D eigenvalue weighted by Gasteiger charge is 2.05. The third-order valence-electron chi connectivity index (χ3n) is 2.50. The van der Waals surface area contributed by atoms with Crippen LogP contribution in [0.4, 0.5) is 0 Å². The monoisotopic (exact) mass is 308 g/mol. The molecule has 0 aliphatic carbocycles. The Hall–Kier alpha value is -1.62. The third kappa shape index (κ3) is 2.98. The van der Waals surface area contributed by atoms with Gasteiger partial charge in [-0.2, -0.15) is 5.10 Å². The van der Waals surface area contributed by atoms with Crippen LogP contribution >= 0.6 is 15.9 Å². The standard InChI is InChI=1S/C13H13BrN2O2/c1-17-11-5-3-9(4-6-11)7-10-8-12(14)13(18-2)16-15-10/h3-6,8H,7H2,1-2H3. The molecular weight excluding hydrogens is 296 g/mol. The molecule has 0 spiro atoms. The summed E-state index contributed by atoms with van der Waals surface area (Å²) in [6, 6.07) is 9.80. The Morgan fingerprint density at radius 1 is 1.06 bits per heavy atom. The molecule has 0 amide bonds. The summed E-state index contributed by atoms with van der Waals surface area (Å²) >= 11 is 3.40. The predicted octanol–water partition coefficient (Wildman–Crippen LogP) is 2.85. The zero-order chi connectivity index (χ0) is 13.0. The van der Waals surface area contributed by atoms with Crippen molar-refractivity contribution in [2.75, 3.05) is 14.2 Å². The molecule has 1 aromatic carbocycles. The molecule has 0 atom stereocenters. The van der Waals surface area contributed by atoms with Gasteiger partial charge in [-0.05, 0) is 39.7 Å². The summed E-state index contributed by atoms with van der Waals surface area (Å²) in [6.07, 6.45) is 0.722. The Morgan fingerprint density at radius 2 is 1.78 bits per heavy atom. The second-order valence-electron chi connectivity index (χ2n) is 3.72. The van der Waals surface area contributed by atoms with Gasteiger partial charge in [-0.25, -0.2) is 0 Å². The minimum Gasteiger partial charge on any atom is -0.497 e. The molecular formula is C13H13BrN2O2. The zero-order valence-corrected chi connectivity index (χ0v) is 11.8. The van der Waals surface area contributed by atoms with Gasteiger partial charge < -0.3 is 9.47 Å². The van der Waals surface area contributed by atoms with Crippen LogP contribution in [-0.4, -0.2) is 24.4 Å². The summed E-state index contributed by atoms with van der Waals surface area (Å²) in [6.45, 7) is 0. The number of hydrogen-bond donors (Lipinski definition) is 0. The van der Waals surface area contributed by atoms with E-state index in [0.717, 1.165) is 27.9 Å². The summed E-state index contributed by atoms with van der Waals surface area (Å²) in [4.78, 5) is 0. The molecule has 5 heteroatoms. The molecule has 0 fully saturated rings. The van der Waals surface area contributed by atoms with Gasteiger partial charge in [0.25, 0.3) is 0 Å². The van der Waals surface area contributed by atoms with Crippen LogP contribution in [0.25, 0.3) is 0 Å². The molecule has 4 nitrogen and oxygen atoms in total. The molecule has 2 aromatic rings. The highest BCUT2D eigenvalue weighted by atomic mass is 79.9. The Balaban J connectivity index is 2.15. The van der Waals surface area contributed by atoms with Gasteiger partial charge in [-0.1, -0.05) is 12.1 Å². The number of ether oxygens (including phenoxy) is 2. The van der Waals surface area contributed by atoms with Gasteiger partial charge in [0.1, 0.15) is 5.75 Å². The average molecular weight is 309 g/mol. The van der Waals surface area contributed by atoms with E-state index < -0.39 is 0 Å². The number of rotatable bonds is 4. The van der Waals surface area contributed by atoms with E-state index in [1.165, 1.54) is 0 Å². The molecule has 1 aromatic heterocycles. The minimum absolute atomic E-state index is 0.494. The summed E-state index contributed by atoms with van der Waals surface area (Å²) in [7, 11) is 3.22. The van der Waals surface area contributed by atoms with Crippen molar-refractivity contribution in [3.8, 4) is 11.6 Å². The van der Waals surface area contributed by atoms with Crippen molar-refractivity contribution in [3.63, 3.8) is 0 Å². The summed E-state index contributed by atoms with van der Waals surface area (Å²) in [5.74, 6) is 1.34. The van der Waals surface area contributed by atoms with Crippen LogP contribution in [0, 0.1) is 0 Å². The molecule has 0 N–H and O–H groups in total. The van der Waals surface area contributed by atoms with Crippen molar-refractivity contribution in [1.82, 2.24) is 10.2 Å². The Bertz CT molecular complexity index is 529. The van der Waals surface area contributed by atoms with Crippen LogP contribution in [-0.2, 0) is 6.42 Å². The van der Waals surface area contributed by atoms with Crippen molar-refractivity contribution in [3.05, 3.63) is 46.1 Å². The van der Waals surface area contributed by atoms with Crippen LogP contribution in [0.15, 0.2) is 34.8 Å². The maximum Gasteiger partial charge on any atom is 0.247 e. The molecule has 94 valence electrons. The van der Waals surface area contributed by atoms with E-state index in [1.807, 2.05) is 30.3 Å². The second-order valence-corrected chi connectivity index (χ2v) is 4.57. The molecule has 0 saturated heterocycles. The Morgan fingerprint density at radius 3 is 2.33 bits per heavy atom. The molecule has 0 bridgehead atoms. The van der Waals surface area contributed by atoms with Gasteiger partial charge in [0, 0.05) is 6.42 Å². The molecule has 0 radical (unpaired) electrons. The number of hydrogen-bond acceptors (Lipinski definition) is 4. The fourth-order valence-electron chi connectivity index (χ4n) is 1.57. The van der Waals surface area contributed by atoms with Crippen molar-refractivity contribution in [1.29, 1.82) is 0 Å². The first-order valence-corrected chi connectivity index (χ1v) is 6.21. The number of benzene rings is 1. The van der Waals surface area contributed by atoms with Gasteiger partial charge >= 0.3 is 0 Å². The summed E-state index contributed by atoms with van der Waals surface area (Å²) in [5.41, 5.74) is 2.04. The Kier molecular flexibility index (Phi) is 4.15. The van der Waals surface area contributed by atoms with Crippen LogP contribution in [0.1, 0.15) is 11.3 Å². The van der Waals surface area contributed by atoms with Crippen molar-refractivity contribution < 1.29 is 9.47 Å². The van der Waals surface area contributed by atoms with E-state index >= 15 is 0 Å². The maximum atomic E-state index is 5.12. The fraction of sp³-hybridized carbons (Fsp3) is 0.231. The van der Waals surface area contributed by atoms with Crippen molar-refractivity contribution >= 4 is 15.9 Å². The largest absolute Gasteiger partial charge is 0.497 e. The maximum absolute atomic E-state index is 5.12. The highest BCUT2D eigenvalue weighted by Crippen LogP contribution is 2.22. The van der Waals surface area contributed by atoms with Crippen LogP contribution in [0.2, 0.25) is 0 Å². The van der Waals surface area contributed by atoms with Crippen LogP contribution in [0.3, 0.4) is 0 Å². The highest BCUT2D eigenvalue weighted by molar-refractivity contribution is 9.10. The zero-order valence-electron chi connectivity index (χ0n) is 10.2. The SMILES string of the molecule is COc1ccc(Cc2cc(Br)c(OC)nn2)cc1. The van der Waals surface area contributed by atoms with Gasteiger partial charge in [-0.3, -0.25) is 0 Å². The van der Waals surface area contributed by atoms with E-state index in [4.69, 9.17) is 9.47 Å². The lowest BCUT2D eigenvalue weighted by molar-refractivity contribution is 0.388. The normalized spacial score (nSPS) is 10.2. The van der Waals surface area contributed by atoms with E-state index in [2.05, 4.69) is 26.1 Å². The molecule has 0 aliphatic rings. The Labute approximate surface area is 114 Å². The average Bonchev–Trinajstić information content (AvgIpc) is 2.40. The lowest BCUT2D eigenvalue weighted by Crippen LogP contribution is -1.98. The second kappa shape index (κ2) is 5.82. The first kappa shape index (κ1) is 12.8. The summed E-state index contributed by atoms with van der Waals surface area (Å²) in [5, 5.41) is 8.09. The molecule has 2 rings (SSSR count). The lowest BCUT2D eigenvalue weighted by atomic mass is 10.1. The van der Waals surface area contributed by atoms with E-state index in [0.29, 0.717) is 5.88 Å². The van der Waals surface area contributed by atoms with Gasteiger partial charge in [0.05, 0.1) is 24.4 Å². The number of nitrogens with zero attached hydrogens (tertiary/aromatic N) is 2. The predicted molar refractivity (Wildman–Crippen MR) is 72.1 cm³/mol. The molecule has 18 heavy (non-hydrogen) atoms. The molecule has 0 saturated carbocycles. The first-order valence-electron chi connectivity index (χ1n) is 5.42. The van der Waals surface area contributed by atoms with Crippen LogP contribution < -0.4 is 9.47 Å². The minimum atomic E-state index is 0.494. The fourth-order valence-corrected chi connectivity index (χ4v) is 2.08. The van der Waals surface area contributed by atoms with Gasteiger partial charge in [-0.15, -0.1) is 5.10 Å². The molecule has 0 aliphatic heterocycles. The quantitative estimate of drug-likeness (QED) is 0.871. The summed E-state index contributed by atoms with van der Waals surface area (Å²) < 4.78 is 11.0. The number of aromatic nitrogens is 2. The first-order chi connectivity index (χ1) is 8.72. The van der Waals surface area contributed by atoms with E-state index in [1.54, 1.807) is 14.2 Å². The van der Waals surface area contributed by atoms with Gasteiger partial charge in [0.15, 0.2) is 0 Å². The smallest absolute Gasteiger partial charge is 0.247 e. The van der Waals surface area contributed by atoms with Gasteiger partial charge in [0.2, 0.25) is 5.88 Å². The number of halogens is 1. The lowest BCUT2D eigenvalue weighted by Gasteiger charge is -2.05. The van der Waals surface area contributed by atoms with E-state index in [-0.39, 0.29) is 0 Å². The van der Waals surface area contributed by atoms with Crippen molar-refractivity contribution in [2.45, 2.75) is 6.42 Å². The van der Waals surface area contributed by atoms with E-state index in [9.17, 15) is 0 Å². The number of methoxy groups -OCH3 is 2.